The monoisotopic (exact) mass is 472 g/mol. The first-order chi connectivity index (χ1) is 15.4. The molecule has 0 atom stereocenters. The third kappa shape index (κ3) is 3.74. The zero-order chi connectivity index (χ0) is 22.3. The lowest BCUT2D eigenvalue weighted by molar-refractivity contribution is 0.381. The highest BCUT2D eigenvalue weighted by molar-refractivity contribution is 7.89. The molecule has 6 nitrogen and oxygen atoms in total. The van der Waals surface area contributed by atoms with Gasteiger partial charge in [0, 0.05) is 42.5 Å². The maximum absolute atomic E-state index is 14.1. The minimum atomic E-state index is -4.15. The van der Waals surface area contributed by atoms with Gasteiger partial charge in [0.15, 0.2) is 5.82 Å². The number of piperazine rings is 1. The van der Waals surface area contributed by atoms with Gasteiger partial charge in [-0.3, -0.25) is 0 Å². The number of hydrogen-bond acceptors (Lipinski definition) is 6. The Balaban J connectivity index is 1.45. The van der Waals surface area contributed by atoms with Gasteiger partial charge in [-0.25, -0.2) is 27.2 Å². The normalized spacial score (nSPS) is 15.4. The van der Waals surface area contributed by atoms with Gasteiger partial charge in [0.1, 0.15) is 22.3 Å². The third-order valence-corrected chi connectivity index (χ3v) is 8.01. The number of hydrogen-bond donors (Lipinski definition) is 0. The second kappa shape index (κ2) is 8.19. The lowest BCUT2D eigenvalue weighted by atomic mass is 10.2. The van der Waals surface area contributed by atoms with Crippen molar-refractivity contribution >= 4 is 38.1 Å². The van der Waals surface area contributed by atoms with Crippen LogP contribution in [-0.2, 0) is 10.0 Å². The molecule has 10 heteroatoms. The number of fused-ring (bicyclic) bond motifs is 1. The number of thiophene rings is 1. The summed E-state index contributed by atoms with van der Waals surface area (Å²) in [5.74, 6) is -0.421. The Labute approximate surface area is 187 Å². The Hall–Kier alpha value is -2.95. The molecule has 5 rings (SSSR count). The topological polar surface area (TPSA) is 66.4 Å². The summed E-state index contributed by atoms with van der Waals surface area (Å²) in [6.45, 7) is 0.981. The van der Waals surface area contributed by atoms with Crippen LogP contribution in [0.15, 0.2) is 64.2 Å². The Kier molecular flexibility index (Phi) is 5.36. The Bertz CT molecular complexity index is 1390. The molecule has 0 spiro atoms. The predicted octanol–water partition coefficient (Wildman–Crippen LogP) is 4.15. The largest absolute Gasteiger partial charge is 0.353 e. The van der Waals surface area contributed by atoms with E-state index in [1.54, 1.807) is 11.3 Å². The van der Waals surface area contributed by atoms with Crippen LogP contribution in [0.1, 0.15) is 0 Å². The van der Waals surface area contributed by atoms with E-state index in [9.17, 15) is 17.2 Å². The van der Waals surface area contributed by atoms with Crippen molar-refractivity contribution in [2.75, 3.05) is 31.1 Å². The molecular formula is C22H18F2N4O2S2. The molecular weight excluding hydrogens is 454 g/mol. The zero-order valence-corrected chi connectivity index (χ0v) is 18.4. The van der Waals surface area contributed by atoms with Crippen LogP contribution in [0.4, 0.5) is 14.6 Å². The van der Waals surface area contributed by atoms with Crippen molar-refractivity contribution in [1.82, 2.24) is 14.3 Å². The molecule has 2 aromatic heterocycles. The maximum Gasteiger partial charge on any atom is 0.246 e. The summed E-state index contributed by atoms with van der Waals surface area (Å²) < 4.78 is 54.7. The summed E-state index contributed by atoms with van der Waals surface area (Å²) in [4.78, 5) is 10.8. The van der Waals surface area contributed by atoms with Gasteiger partial charge in [0.05, 0.1) is 5.52 Å². The van der Waals surface area contributed by atoms with Crippen molar-refractivity contribution in [2.45, 2.75) is 4.90 Å². The van der Waals surface area contributed by atoms with Gasteiger partial charge in [-0.05, 0) is 41.8 Å². The molecule has 0 radical (unpaired) electrons. The van der Waals surface area contributed by atoms with E-state index in [1.165, 1.54) is 4.31 Å². The summed E-state index contributed by atoms with van der Waals surface area (Å²) in [6.07, 6.45) is 0. The molecule has 0 N–H and O–H groups in total. The first-order valence-corrected chi connectivity index (χ1v) is 12.3. The molecule has 1 saturated heterocycles. The molecule has 0 bridgehead atoms. The van der Waals surface area contributed by atoms with E-state index < -0.39 is 26.6 Å². The van der Waals surface area contributed by atoms with Crippen LogP contribution in [0.25, 0.3) is 22.3 Å². The standard InChI is InChI=1S/C22H18F2N4O2S2/c23-16-5-6-18(24)20(13-16)32(29,30)28-10-8-27(9-11-28)22-17-3-1-2-4-19(17)25-21(26-22)15-7-12-31-14-15/h1-7,12-14H,8-11H2. The number of benzene rings is 2. The minimum absolute atomic E-state index is 0.129. The zero-order valence-electron chi connectivity index (χ0n) is 16.8. The van der Waals surface area contributed by atoms with Crippen molar-refractivity contribution in [3.8, 4) is 11.4 Å². The molecule has 0 amide bonds. The fourth-order valence-corrected chi connectivity index (χ4v) is 5.91. The van der Waals surface area contributed by atoms with Crippen LogP contribution >= 0.6 is 11.3 Å². The van der Waals surface area contributed by atoms with Crippen molar-refractivity contribution in [2.24, 2.45) is 0 Å². The second-order valence-corrected chi connectivity index (χ2v) is 10.1. The van der Waals surface area contributed by atoms with E-state index in [1.807, 2.05) is 46.0 Å². The van der Waals surface area contributed by atoms with E-state index in [2.05, 4.69) is 4.98 Å². The third-order valence-electron chi connectivity index (χ3n) is 5.41. The molecule has 0 unspecified atom stereocenters. The molecule has 3 heterocycles. The lowest BCUT2D eigenvalue weighted by Gasteiger charge is -2.35. The summed E-state index contributed by atoms with van der Waals surface area (Å²) in [5, 5.41) is 4.81. The van der Waals surface area contributed by atoms with Crippen LogP contribution in [0.5, 0.6) is 0 Å². The van der Waals surface area contributed by atoms with Gasteiger partial charge in [-0.2, -0.15) is 15.6 Å². The average molecular weight is 473 g/mol. The summed E-state index contributed by atoms with van der Waals surface area (Å²) in [7, 11) is -4.15. The summed E-state index contributed by atoms with van der Waals surface area (Å²) in [5.41, 5.74) is 1.72. The number of para-hydroxylation sites is 1. The van der Waals surface area contributed by atoms with Gasteiger partial charge in [-0.1, -0.05) is 12.1 Å². The second-order valence-electron chi connectivity index (χ2n) is 7.37. The molecule has 32 heavy (non-hydrogen) atoms. The molecule has 2 aromatic carbocycles. The van der Waals surface area contributed by atoms with Crippen LogP contribution in [0, 0.1) is 11.6 Å². The van der Waals surface area contributed by atoms with E-state index in [4.69, 9.17) is 4.98 Å². The van der Waals surface area contributed by atoms with Gasteiger partial charge >= 0.3 is 0 Å². The first kappa shape index (κ1) is 20.9. The highest BCUT2D eigenvalue weighted by Gasteiger charge is 2.32. The van der Waals surface area contributed by atoms with Crippen LogP contribution in [0.2, 0.25) is 0 Å². The Morgan fingerprint density at radius 2 is 1.72 bits per heavy atom. The molecule has 164 valence electrons. The quantitative estimate of drug-likeness (QED) is 0.447. The fourth-order valence-electron chi connectivity index (χ4n) is 3.78. The van der Waals surface area contributed by atoms with Gasteiger partial charge in [0.2, 0.25) is 10.0 Å². The van der Waals surface area contributed by atoms with Crippen LogP contribution in [-0.4, -0.2) is 48.9 Å². The highest BCUT2D eigenvalue weighted by atomic mass is 32.2. The average Bonchev–Trinajstić information content (AvgIpc) is 3.35. The van der Waals surface area contributed by atoms with Crippen LogP contribution < -0.4 is 4.90 Å². The van der Waals surface area contributed by atoms with Crippen molar-refractivity contribution in [1.29, 1.82) is 0 Å². The molecule has 1 fully saturated rings. The number of aromatic nitrogens is 2. The van der Waals surface area contributed by atoms with E-state index in [-0.39, 0.29) is 13.1 Å². The van der Waals surface area contributed by atoms with E-state index in [0.29, 0.717) is 18.9 Å². The predicted molar refractivity (Wildman–Crippen MR) is 120 cm³/mol. The molecule has 0 saturated carbocycles. The number of halogens is 2. The molecule has 1 aliphatic heterocycles. The fraction of sp³-hybridized carbons (Fsp3) is 0.182. The van der Waals surface area contributed by atoms with E-state index in [0.717, 1.165) is 40.5 Å². The first-order valence-electron chi connectivity index (χ1n) is 9.93. The van der Waals surface area contributed by atoms with Gasteiger partial charge in [-0.15, -0.1) is 0 Å². The Morgan fingerprint density at radius 1 is 0.938 bits per heavy atom. The van der Waals surface area contributed by atoms with E-state index >= 15 is 0 Å². The van der Waals surface area contributed by atoms with Crippen molar-refractivity contribution in [3.63, 3.8) is 0 Å². The minimum Gasteiger partial charge on any atom is -0.353 e. The SMILES string of the molecule is O=S(=O)(c1cc(F)ccc1F)N1CCN(c2nc(-c3ccsc3)nc3ccccc23)CC1. The van der Waals surface area contributed by atoms with Gasteiger partial charge in [0.25, 0.3) is 0 Å². The summed E-state index contributed by atoms with van der Waals surface area (Å²) >= 11 is 1.56. The molecule has 1 aliphatic rings. The van der Waals surface area contributed by atoms with Crippen molar-refractivity contribution < 1.29 is 17.2 Å². The maximum atomic E-state index is 14.1. The molecule has 4 aromatic rings. The number of anilines is 1. The van der Waals surface area contributed by atoms with Crippen molar-refractivity contribution in [3.05, 3.63) is 70.9 Å². The van der Waals surface area contributed by atoms with Crippen LogP contribution in [0.3, 0.4) is 0 Å². The molecule has 0 aliphatic carbocycles. The Morgan fingerprint density at radius 3 is 2.47 bits per heavy atom. The number of nitrogens with zero attached hydrogens (tertiary/aromatic N) is 4. The smallest absolute Gasteiger partial charge is 0.246 e. The summed E-state index contributed by atoms with van der Waals surface area (Å²) in [6, 6.07) is 12.1. The number of rotatable bonds is 4. The van der Waals surface area contributed by atoms with Gasteiger partial charge < -0.3 is 4.90 Å². The lowest BCUT2D eigenvalue weighted by Crippen LogP contribution is -2.49. The number of sulfonamides is 1. The highest BCUT2D eigenvalue weighted by Crippen LogP contribution is 2.30.